The predicted octanol–water partition coefficient (Wildman–Crippen LogP) is 3.80. The first-order valence-corrected chi connectivity index (χ1v) is 12.4. The number of aromatic carboxylic acids is 1. The Kier molecular flexibility index (Phi) is 8.20. The Labute approximate surface area is 218 Å². The van der Waals surface area contributed by atoms with Crippen LogP contribution in [-0.4, -0.2) is 62.8 Å². The molecule has 202 valence electrons. The summed E-state index contributed by atoms with van der Waals surface area (Å²) in [6.45, 7) is 3.52. The first-order chi connectivity index (χ1) is 18.2. The lowest BCUT2D eigenvalue weighted by Crippen LogP contribution is -2.47. The number of carbonyl (C=O) groups excluding carboxylic acids is 1. The molecule has 1 aliphatic carbocycles. The van der Waals surface area contributed by atoms with Gasteiger partial charge in [-0.15, -0.1) is 4.68 Å². The summed E-state index contributed by atoms with van der Waals surface area (Å²) in [5, 5.41) is 17.2. The molecular formula is C26H30FN5O6. The van der Waals surface area contributed by atoms with E-state index in [-0.39, 0.29) is 35.8 Å². The van der Waals surface area contributed by atoms with Gasteiger partial charge in [-0.3, -0.25) is 4.90 Å². The summed E-state index contributed by atoms with van der Waals surface area (Å²) in [5.74, 6) is -1.88. The molecule has 0 saturated heterocycles. The zero-order valence-corrected chi connectivity index (χ0v) is 21.5. The van der Waals surface area contributed by atoms with Crippen molar-refractivity contribution in [3.8, 4) is 11.4 Å². The third-order valence-corrected chi connectivity index (χ3v) is 6.68. The van der Waals surface area contributed by atoms with Crippen LogP contribution >= 0.6 is 0 Å². The molecule has 1 unspecified atom stereocenters. The van der Waals surface area contributed by atoms with Crippen molar-refractivity contribution >= 4 is 17.7 Å². The number of benzene rings is 2. The van der Waals surface area contributed by atoms with E-state index in [1.54, 1.807) is 26.0 Å². The molecule has 4 rings (SSSR count). The van der Waals surface area contributed by atoms with Gasteiger partial charge >= 0.3 is 17.7 Å². The number of aromatic nitrogens is 4. The topological polar surface area (TPSA) is 129 Å². The number of rotatable bonds is 8. The molecule has 0 bridgehead atoms. The van der Waals surface area contributed by atoms with E-state index >= 15 is 0 Å². The summed E-state index contributed by atoms with van der Waals surface area (Å²) in [6.07, 6.45) is 3.82. The molecule has 1 aromatic heterocycles. The maximum absolute atomic E-state index is 14.9. The number of aryl methyl sites for hydroxylation is 1. The monoisotopic (exact) mass is 527 g/mol. The fraction of sp³-hybridized carbons (Fsp3) is 0.423. The lowest BCUT2D eigenvalue weighted by atomic mass is 9.93. The number of halogens is 1. The number of hydrogen-bond donors (Lipinski definition) is 1. The molecule has 1 N–H and O–H groups in total. The lowest BCUT2D eigenvalue weighted by molar-refractivity contribution is 0.0696. The molecule has 3 aromatic rings. The highest BCUT2D eigenvalue weighted by Crippen LogP contribution is 2.30. The lowest BCUT2D eigenvalue weighted by Gasteiger charge is -2.33. The van der Waals surface area contributed by atoms with Crippen molar-refractivity contribution in [3.05, 3.63) is 63.8 Å². The number of tetrazole rings is 1. The number of anilines is 1. The fourth-order valence-corrected chi connectivity index (χ4v) is 4.51. The summed E-state index contributed by atoms with van der Waals surface area (Å²) in [7, 11) is 1.51. The van der Waals surface area contributed by atoms with Crippen LogP contribution in [0.1, 0.15) is 54.9 Å². The van der Waals surface area contributed by atoms with E-state index in [4.69, 9.17) is 9.47 Å². The van der Waals surface area contributed by atoms with Crippen LogP contribution in [0.15, 0.2) is 41.2 Å². The summed E-state index contributed by atoms with van der Waals surface area (Å²) in [5.41, 5.74) is -0.362. The Balaban J connectivity index is 1.76. The van der Waals surface area contributed by atoms with Crippen LogP contribution in [0.2, 0.25) is 0 Å². The van der Waals surface area contributed by atoms with Crippen molar-refractivity contribution < 1.29 is 28.6 Å². The third-order valence-electron chi connectivity index (χ3n) is 6.68. The molecule has 1 aliphatic rings. The van der Waals surface area contributed by atoms with E-state index in [0.29, 0.717) is 33.5 Å². The number of para-hydroxylation sites is 1. The first kappa shape index (κ1) is 27.0. The minimum absolute atomic E-state index is 0.0317. The second-order valence-electron chi connectivity index (χ2n) is 9.28. The van der Waals surface area contributed by atoms with Crippen molar-refractivity contribution in [1.82, 2.24) is 19.8 Å². The molecule has 0 aliphatic heterocycles. The van der Waals surface area contributed by atoms with Gasteiger partial charge in [0.1, 0.15) is 18.0 Å². The van der Waals surface area contributed by atoms with Crippen molar-refractivity contribution in [3.63, 3.8) is 0 Å². The average molecular weight is 528 g/mol. The van der Waals surface area contributed by atoms with E-state index in [0.717, 1.165) is 25.3 Å². The summed E-state index contributed by atoms with van der Waals surface area (Å²) in [6, 6.07) is 7.63. The highest BCUT2D eigenvalue weighted by Gasteiger charge is 2.32. The van der Waals surface area contributed by atoms with E-state index in [1.807, 2.05) is 0 Å². The van der Waals surface area contributed by atoms with E-state index in [9.17, 15) is 23.9 Å². The molecule has 1 fully saturated rings. The fourth-order valence-electron chi connectivity index (χ4n) is 4.51. The Morgan fingerprint density at radius 1 is 1.18 bits per heavy atom. The van der Waals surface area contributed by atoms with Gasteiger partial charge in [0.2, 0.25) is 0 Å². The molecule has 12 heteroatoms. The van der Waals surface area contributed by atoms with Crippen molar-refractivity contribution in [1.29, 1.82) is 0 Å². The SMILES string of the molecule is COC(C)COc1cccc(F)c1-n1nnn(C(=O)N(c2ccc(C)c(C(=O)O)c2)C2CCCCC2)c1=O. The second-order valence-corrected chi connectivity index (χ2v) is 9.28. The summed E-state index contributed by atoms with van der Waals surface area (Å²) >= 11 is 0. The van der Waals surface area contributed by atoms with Gasteiger partial charge in [-0.2, -0.15) is 4.68 Å². The Bertz CT molecular complexity index is 1380. The highest BCUT2D eigenvalue weighted by atomic mass is 19.1. The smallest absolute Gasteiger partial charge is 0.377 e. The minimum Gasteiger partial charge on any atom is -0.489 e. The number of ether oxygens (including phenoxy) is 2. The van der Waals surface area contributed by atoms with Gasteiger partial charge in [0.05, 0.1) is 11.7 Å². The molecule has 0 radical (unpaired) electrons. The second kappa shape index (κ2) is 11.5. The van der Waals surface area contributed by atoms with Crippen LogP contribution in [0.3, 0.4) is 0 Å². The van der Waals surface area contributed by atoms with Crippen LogP contribution in [0.5, 0.6) is 5.75 Å². The standard InChI is InChI=1S/C26H30FN5O6/c1-16-12-13-19(14-20(16)24(33)34)30(18-8-5-4-6-9-18)25(35)32-26(36)31(28-29-32)23-21(27)10-7-11-22(23)38-15-17(2)37-3/h7,10-14,17-18H,4-6,8-9,15H2,1-3H3,(H,33,34). The number of methoxy groups -OCH3 is 1. The molecule has 1 heterocycles. The van der Waals surface area contributed by atoms with Crippen LogP contribution in [0, 0.1) is 12.7 Å². The average Bonchev–Trinajstić information content (AvgIpc) is 3.29. The van der Waals surface area contributed by atoms with Crippen LogP contribution < -0.4 is 15.3 Å². The summed E-state index contributed by atoms with van der Waals surface area (Å²) in [4.78, 5) is 40.3. The van der Waals surface area contributed by atoms with E-state index in [2.05, 4.69) is 10.4 Å². The number of amides is 1. The molecule has 38 heavy (non-hydrogen) atoms. The number of hydrogen-bond acceptors (Lipinski definition) is 7. The van der Waals surface area contributed by atoms with Crippen molar-refractivity contribution in [2.75, 3.05) is 18.6 Å². The first-order valence-electron chi connectivity index (χ1n) is 12.4. The van der Waals surface area contributed by atoms with Gasteiger partial charge in [0.15, 0.2) is 5.82 Å². The zero-order chi connectivity index (χ0) is 27.4. The van der Waals surface area contributed by atoms with Crippen molar-refractivity contribution in [2.45, 2.75) is 58.1 Å². The van der Waals surface area contributed by atoms with Crippen LogP contribution in [0.4, 0.5) is 14.9 Å². The molecule has 1 atom stereocenters. The molecule has 1 amide bonds. The maximum Gasteiger partial charge on any atom is 0.377 e. The van der Waals surface area contributed by atoms with Gasteiger partial charge in [-0.1, -0.05) is 31.4 Å². The molecule has 1 saturated carbocycles. The van der Waals surface area contributed by atoms with Gasteiger partial charge in [-0.05, 0) is 66.9 Å². The zero-order valence-electron chi connectivity index (χ0n) is 21.5. The highest BCUT2D eigenvalue weighted by molar-refractivity contribution is 5.96. The van der Waals surface area contributed by atoms with E-state index in [1.165, 1.54) is 30.2 Å². The van der Waals surface area contributed by atoms with E-state index < -0.39 is 23.5 Å². The number of carboxylic acid groups (broad SMARTS) is 1. The number of carbonyl (C=O) groups is 2. The maximum atomic E-state index is 14.9. The van der Waals surface area contributed by atoms with Gasteiger partial charge in [0.25, 0.3) is 0 Å². The summed E-state index contributed by atoms with van der Waals surface area (Å²) < 4.78 is 27.0. The van der Waals surface area contributed by atoms with Gasteiger partial charge in [-0.25, -0.2) is 18.8 Å². The quantitative estimate of drug-likeness (QED) is 0.438. The minimum atomic E-state index is -1.13. The Hall–Kier alpha value is -4.06. The van der Waals surface area contributed by atoms with Crippen molar-refractivity contribution in [2.24, 2.45) is 0 Å². The third kappa shape index (κ3) is 5.44. The molecule has 0 spiro atoms. The largest absolute Gasteiger partial charge is 0.489 e. The number of carboxylic acids is 1. The molecule has 2 aromatic carbocycles. The number of nitrogens with zero attached hydrogens (tertiary/aromatic N) is 5. The van der Waals surface area contributed by atoms with Gasteiger partial charge < -0.3 is 14.6 Å². The van der Waals surface area contributed by atoms with Gasteiger partial charge in [0, 0.05) is 18.8 Å². The van der Waals surface area contributed by atoms with Crippen LogP contribution in [-0.2, 0) is 4.74 Å². The normalized spacial score (nSPS) is 14.7. The molecule has 11 nitrogen and oxygen atoms in total. The predicted molar refractivity (Wildman–Crippen MR) is 136 cm³/mol. The Morgan fingerprint density at radius 3 is 2.61 bits per heavy atom. The molecular weight excluding hydrogens is 497 g/mol. The van der Waals surface area contributed by atoms with Crippen LogP contribution in [0.25, 0.3) is 5.69 Å². The Morgan fingerprint density at radius 2 is 1.92 bits per heavy atom.